The Balaban J connectivity index is 1.72. The average Bonchev–Trinajstić information content (AvgIpc) is 3.25. The Morgan fingerprint density at radius 1 is 1.27 bits per heavy atom. The lowest BCUT2D eigenvalue weighted by molar-refractivity contribution is 0.0773. The monoisotopic (exact) mass is 429 g/mol. The molecule has 8 heteroatoms. The van der Waals surface area contributed by atoms with Gasteiger partial charge >= 0.3 is 0 Å². The number of fused-ring (bicyclic) bond motifs is 1. The third-order valence-electron chi connectivity index (χ3n) is 5.70. The molecule has 1 aliphatic carbocycles. The number of benzene rings is 1. The van der Waals surface area contributed by atoms with Crippen LogP contribution in [0.1, 0.15) is 56.7 Å². The first-order valence-electron chi connectivity index (χ1n) is 10.5. The van der Waals surface area contributed by atoms with E-state index in [1.807, 2.05) is 30.6 Å². The third kappa shape index (κ3) is 4.04. The fraction of sp³-hybridized carbons (Fsp3) is 0.545. The number of methoxy groups -OCH3 is 1. The zero-order valence-corrected chi connectivity index (χ0v) is 19.2. The van der Waals surface area contributed by atoms with Gasteiger partial charge in [-0.1, -0.05) is 30.6 Å². The Morgan fingerprint density at radius 2 is 2.00 bits per heavy atom. The summed E-state index contributed by atoms with van der Waals surface area (Å²) in [5.41, 5.74) is 6.49. The molecule has 2 heterocycles. The molecular formula is C22H31N5O2S. The number of aromatic nitrogens is 3. The number of rotatable bonds is 6. The van der Waals surface area contributed by atoms with Crippen molar-refractivity contribution in [3.05, 3.63) is 28.9 Å². The largest absolute Gasteiger partial charge is 0.495 e. The van der Waals surface area contributed by atoms with Crippen molar-refractivity contribution in [1.29, 1.82) is 0 Å². The minimum absolute atomic E-state index is 0.494. The molecule has 0 radical (unpaired) electrons. The maximum atomic E-state index is 10.4. The van der Waals surface area contributed by atoms with Crippen LogP contribution in [0.4, 0.5) is 5.69 Å². The van der Waals surface area contributed by atoms with Crippen molar-refractivity contribution < 1.29 is 9.84 Å². The molecule has 2 N–H and O–H groups in total. The molecule has 30 heavy (non-hydrogen) atoms. The van der Waals surface area contributed by atoms with Gasteiger partial charge in [-0.25, -0.2) is 14.9 Å². The summed E-state index contributed by atoms with van der Waals surface area (Å²) in [7, 11) is 3.75. The molecule has 0 amide bonds. The number of nitrogens with one attached hydrogen (secondary N) is 1. The van der Waals surface area contributed by atoms with E-state index in [2.05, 4.69) is 26.6 Å². The Morgan fingerprint density at radius 3 is 2.67 bits per heavy atom. The standard InChI is InChI=1S/C22H31N5O2S/c1-14-19(27-21(23-14)30-20(25-27)22(2,3)28)15-11-12-18(29-5)17(13-15)26(4)24-16-9-7-6-8-10-16/h11-13,16,24,28H,6-10H2,1-5H3. The van der Waals surface area contributed by atoms with Crippen molar-refractivity contribution in [3.63, 3.8) is 0 Å². The maximum absolute atomic E-state index is 10.4. The number of aliphatic hydroxyl groups is 1. The minimum Gasteiger partial charge on any atom is -0.495 e. The SMILES string of the molecule is COc1ccc(-c2c(C)nc3sc(C(C)(C)O)nn23)cc1N(C)NC1CCCCC1. The highest BCUT2D eigenvalue weighted by molar-refractivity contribution is 7.16. The summed E-state index contributed by atoms with van der Waals surface area (Å²) in [6.07, 6.45) is 6.30. The fourth-order valence-corrected chi connectivity index (χ4v) is 5.05. The van der Waals surface area contributed by atoms with Gasteiger partial charge in [-0.15, -0.1) is 0 Å². The number of anilines is 1. The van der Waals surface area contributed by atoms with Crippen LogP contribution in [0.5, 0.6) is 5.75 Å². The Kier molecular flexibility index (Phi) is 5.74. The normalized spacial score (nSPS) is 15.7. The molecule has 1 aromatic carbocycles. The molecule has 0 saturated heterocycles. The van der Waals surface area contributed by atoms with Crippen molar-refractivity contribution in [2.24, 2.45) is 0 Å². The first-order valence-corrected chi connectivity index (χ1v) is 11.4. The van der Waals surface area contributed by atoms with Gasteiger partial charge in [-0.3, -0.25) is 0 Å². The van der Waals surface area contributed by atoms with Crippen LogP contribution in [0.15, 0.2) is 18.2 Å². The summed E-state index contributed by atoms with van der Waals surface area (Å²) in [6.45, 7) is 5.48. The molecule has 1 saturated carbocycles. The van der Waals surface area contributed by atoms with Crippen LogP contribution in [-0.2, 0) is 5.60 Å². The lowest BCUT2D eigenvalue weighted by Gasteiger charge is -2.30. The van der Waals surface area contributed by atoms with Crippen molar-refractivity contribution >= 4 is 22.0 Å². The summed E-state index contributed by atoms with van der Waals surface area (Å²) >= 11 is 1.42. The van der Waals surface area contributed by atoms with Crippen LogP contribution in [-0.4, -0.2) is 39.9 Å². The van der Waals surface area contributed by atoms with E-state index in [0.29, 0.717) is 11.0 Å². The highest BCUT2D eigenvalue weighted by Gasteiger charge is 2.25. The molecule has 162 valence electrons. The average molecular weight is 430 g/mol. The minimum atomic E-state index is -0.994. The summed E-state index contributed by atoms with van der Waals surface area (Å²) in [6, 6.07) is 6.64. The zero-order chi connectivity index (χ0) is 21.5. The van der Waals surface area contributed by atoms with Gasteiger partial charge in [-0.2, -0.15) is 5.10 Å². The number of ether oxygens (including phenoxy) is 1. The Bertz CT molecular complexity index is 1030. The smallest absolute Gasteiger partial charge is 0.213 e. The van der Waals surface area contributed by atoms with Gasteiger partial charge in [0.05, 0.1) is 24.2 Å². The molecule has 1 aliphatic rings. The first-order chi connectivity index (χ1) is 14.3. The topological polar surface area (TPSA) is 74.9 Å². The molecule has 3 aromatic rings. The van der Waals surface area contributed by atoms with Gasteiger partial charge < -0.3 is 14.9 Å². The second-order valence-electron chi connectivity index (χ2n) is 8.62. The van der Waals surface area contributed by atoms with Crippen LogP contribution >= 0.6 is 11.3 Å². The van der Waals surface area contributed by atoms with Crippen LogP contribution in [0, 0.1) is 6.92 Å². The molecule has 7 nitrogen and oxygen atoms in total. The Hall–Kier alpha value is -2.16. The van der Waals surface area contributed by atoms with E-state index in [4.69, 9.17) is 4.74 Å². The molecule has 0 aliphatic heterocycles. The number of aryl methyl sites for hydroxylation is 1. The van der Waals surface area contributed by atoms with Gasteiger partial charge in [0.1, 0.15) is 16.4 Å². The van der Waals surface area contributed by atoms with E-state index in [0.717, 1.165) is 33.3 Å². The molecule has 1 fully saturated rings. The highest BCUT2D eigenvalue weighted by atomic mass is 32.1. The van der Waals surface area contributed by atoms with Gasteiger partial charge in [-0.05, 0) is 51.8 Å². The van der Waals surface area contributed by atoms with Gasteiger partial charge in [0, 0.05) is 18.7 Å². The zero-order valence-electron chi connectivity index (χ0n) is 18.4. The molecule has 0 bridgehead atoms. The van der Waals surface area contributed by atoms with Crippen LogP contribution in [0.2, 0.25) is 0 Å². The number of nitrogens with zero attached hydrogens (tertiary/aromatic N) is 4. The van der Waals surface area contributed by atoms with E-state index < -0.39 is 5.60 Å². The molecular weight excluding hydrogens is 398 g/mol. The van der Waals surface area contributed by atoms with E-state index in [1.165, 1.54) is 43.4 Å². The summed E-state index contributed by atoms with van der Waals surface area (Å²) in [5.74, 6) is 0.818. The number of hydrogen-bond acceptors (Lipinski definition) is 7. The fourth-order valence-electron chi connectivity index (χ4n) is 4.10. The number of imidazole rings is 1. The van der Waals surface area contributed by atoms with Gasteiger partial charge in [0.15, 0.2) is 0 Å². The maximum Gasteiger partial charge on any atom is 0.213 e. The second kappa shape index (κ2) is 8.17. The lowest BCUT2D eigenvalue weighted by Crippen LogP contribution is -2.43. The number of hydrogen-bond donors (Lipinski definition) is 2. The summed E-state index contributed by atoms with van der Waals surface area (Å²) in [5, 5.41) is 17.7. The Labute approximate surface area is 181 Å². The van der Waals surface area contributed by atoms with Crippen LogP contribution in [0.25, 0.3) is 16.2 Å². The molecule has 2 aromatic heterocycles. The third-order valence-corrected chi connectivity index (χ3v) is 6.92. The summed E-state index contributed by atoms with van der Waals surface area (Å²) in [4.78, 5) is 5.46. The molecule has 0 atom stereocenters. The van der Waals surface area contributed by atoms with E-state index in [9.17, 15) is 5.11 Å². The van der Waals surface area contributed by atoms with Crippen LogP contribution in [0.3, 0.4) is 0 Å². The quantitative estimate of drug-likeness (QED) is 0.570. The van der Waals surface area contributed by atoms with E-state index in [1.54, 1.807) is 21.0 Å². The molecule has 0 unspecified atom stereocenters. The number of hydrazine groups is 1. The van der Waals surface area contributed by atoms with E-state index in [-0.39, 0.29) is 0 Å². The summed E-state index contributed by atoms with van der Waals surface area (Å²) < 4.78 is 7.48. The van der Waals surface area contributed by atoms with Crippen molar-refractivity contribution in [2.45, 2.75) is 64.5 Å². The van der Waals surface area contributed by atoms with Crippen LogP contribution < -0.4 is 15.2 Å². The highest BCUT2D eigenvalue weighted by Crippen LogP contribution is 2.36. The predicted octanol–water partition coefficient (Wildman–Crippen LogP) is 4.28. The first kappa shape index (κ1) is 21.1. The van der Waals surface area contributed by atoms with Crippen molar-refractivity contribution in [3.8, 4) is 17.0 Å². The van der Waals surface area contributed by atoms with E-state index >= 15 is 0 Å². The predicted molar refractivity (Wildman–Crippen MR) is 121 cm³/mol. The van der Waals surface area contributed by atoms with Crippen molar-refractivity contribution in [2.75, 3.05) is 19.2 Å². The van der Waals surface area contributed by atoms with Crippen molar-refractivity contribution in [1.82, 2.24) is 20.0 Å². The van der Waals surface area contributed by atoms with Gasteiger partial charge in [0.2, 0.25) is 4.96 Å². The molecule has 4 rings (SSSR count). The lowest BCUT2D eigenvalue weighted by atomic mass is 9.96. The molecule has 0 spiro atoms. The second-order valence-corrected chi connectivity index (χ2v) is 9.57. The van der Waals surface area contributed by atoms with Gasteiger partial charge in [0.25, 0.3) is 0 Å².